The Bertz CT molecular complexity index is 983. The van der Waals surface area contributed by atoms with E-state index in [0.29, 0.717) is 17.3 Å². The topological polar surface area (TPSA) is 84.2 Å². The maximum Gasteiger partial charge on any atom is 0.273 e. The molecule has 2 aromatic carbocycles. The van der Waals surface area contributed by atoms with Gasteiger partial charge in [-0.15, -0.1) is 0 Å². The smallest absolute Gasteiger partial charge is 0.273 e. The van der Waals surface area contributed by atoms with Crippen LogP contribution in [0.25, 0.3) is 11.5 Å². The third kappa shape index (κ3) is 4.62. The highest BCUT2D eigenvalue weighted by atomic mass is 79.9. The minimum atomic E-state index is -0.458. The number of nitrogens with one attached hydrogen (secondary N) is 2. The quantitative estimate of drug-likeness (QED) is 0.641. The second-order valence-electron chi connectivity index (χ2n) is 5.98. The van der Waals surface area contributed by atoms with E-state index in [1.807, 2.05) is 49.4 Å². The second-order valence-corrected chi connectivity index (χ2v) is 6.84. The Hall–Kier alpha value is -2.93. The molecule has 1 aromatic heterocycles. The summed E-state index contributed by atoms with van der Waals surface area (Å²) in [5.74, 6) is -0.0154. The van der Waals surface area contributed by atoms with Crippen LogP contribution in [0.4, 0.5) is 5.69 Å². The number of carbonyl (C=O) groups excluding carboxylic acids is 2. The van der Waals surface area contributed by atoms with Crippen LogP contribution in [0.2, 0.25) is 0 Å². The Labute approximate surface area is 165 Å². The Morgan fingerprint density at radius 1 is 1.11 bits per heavy atom. The zero-order valence-corrected chi connectivity index (χ0v) is 16.5. The first-order valence-corrected chi connectivity index (χ1v) is 9.10. The summed E-state index contributed by atoms with van der Waals surface area (Å²) in [6.45, 7) is 3.43. The van der Waals surface area contributed by atoms with E-state index in [9.17, 15) is 9.59 Å². The lowest BCUT2D eigenvalue weighted by atomic mass is 10.2. The van der Waals surface area contributed by atoms with E-state index >= 15 is 0 Å². The molecule has 7 heteroatoms. The molecule has 0 aliphatic rings. The van der Waals surface area contributed by atoms with Gasteiger partial charge in [-0.05, 0) is 49.7 Å². The Balaban J connectivity index is 1.61. The molecule has 0 aliphatic heterocycles. The number of aromatic nitrogens is 1. The van der Waals surface area contributed by atoms with Gasteiger partial charge in [-0.2, -0.15) is 0 Å². The maximum atomic E-state index is 12.3. The molecule has 1 heterocycles. The number of carbonyl (C=O) groups is 2. The average Bonchev–Trinajstić information content (AvgIpc) is 3.05. The summed E-state index contributed by atoms with van der Waals surface area (Å²) in [5.41, 5.74) is 2.62. The zero-order chi connectivity index (χ0) is 19.4. The van der Waals surface area contributed by atoms with E-state index in [1.54, 1.807) is 13.0 Å². The lowest BCUT2D eigenvalue weighted by Crippen LogP contribution is -2.33. The first-order chi connectivity index (χ1) is 12.9. The minimum absolute atomic E-state index is 0.166. The lowest BCUT2D eigenvalue weighted by molar-refractivity contribution is -0.115. The molecule has 0 unspecified atom stereocenters. The van der Waals surface area contributed by atoms with E-state index in [0.717, 1.165) is 15.6 Å². The van der Waals surface area contributed by atoms with E-state index in [2.05, 4.69) is 31.5 Å². The van der Waals surface area contributed by atoms with E-state index < -0.39 is 5.91 Å². The Kier molecular flexibility index (Phi) is 5.71. The number of nitrogens with zero attached hydrogens (tertiary/aromatic N) is 1. The summed E-state index contributed by atoms with van der Waals surface area (Å²) in [7, 11) is 0. The largest absolute Gasteiger partial charge is 0.441 e. The van der Waals surface area contributed by atoms with Crippen molar-refractivity contribution in [2.45, 2.75) is 13.8 Å². The normalized spacial score (nSPS) is 10.5. The van der Waals surface area contributed by atoms with Gasteiger partial charge in [0, 0.05) is 15.7 Å². The first-order valence-electron chi connectivity index (χ1n) is 8.31. The van der Waals surface area contributed by atoms with Crippen LogP contribution < -0.4 is 10.6 Å². The predicted octanol–water partition coefficient (Wildman–Crippen LogP) is 4.09. The monoisotopic (exact) mass is 427 g/mol. The molecule has 2 amide bonds. The SMILES string of the molecule is Cc1cc(NC(=O)CNC(=O)c2nc(-c3ccccc3)oc2C)ccc1Br. The van der Waals surface area contributed by atoms with Crippen LogP contribution in [0.3, 0.4) is 0 Å². The molecule has 0 bridgehead atoms. The molecule has 0 radical (unpaired) electrons. The number of hydrogen-bond donors (Lipinski definition) is 2. The summed E-state index contributed by atoms with van der Waals surface area (Å²) >= 11 is 3.41. The molecular formula is C20H18BrN3O3. The van der Waals surface area contributed by atoms with Gasteiger partial charge in [0.2, 0.25) is 11.8 Å². The van der Waals surface area contributed by atoms with Crippen molar-refractivity contribution in [3.63, 3.8) is 0 Å². The third-order valence-corrected chi connectivity index (χ3v) is 4.77. The molecule has 138 valence electrons. The Morgan fingerprint density at radius 3 is 2.56 bits per heavy atom. The molecule has 0 atom stereocenters. The van der Waals surface area contributed by atoms with Crippen LogP contribution >= 0.6 is 15.9 Å². The molecule has 27 heavy (non-hydrogen) atoms. The molecule has 0 aliphatic carbocycles. The molecule has 3 aromatic rings. The summed E-state index contributed by atoms with van der Waals surface area (Å²) in [6.07, 6.45) is 0. The number of anilines is 1. The average molecular weight is 428 g/mol. The van der Waals surface area contributed by atoms with E-state index in [-0.39, 0.29) is 18.1 Å². The van der Waals surface area contributed by atoms with Gasteiger partial charge in [0.05, 0.1) is 6.54 Å². The van der Waals surface area contributed by atoms with Gasteiger partial charge >= 0.3 is 0 Å². The number of hydrogen-bond acceptors (Lipinski definition) is 4. The Morgan fingerprint density at radius 2 is 1.85 bits per heavy atom. The highest BCUT2D eigenvalue weighted by Gasteiger charge is 2.18. The van der Waals surface area contributed by atoms with Gasteiger partial charge in [-0.25, -0.2) is 4.98 Å². The second kappa shape index (κ2) is 8.18. The maximum absolute atomic E-state index is 12.3. The lowest BCUT2D eigenvalue weighted by Gasteiger charge is -2.07. The van der Waals surface area contributed by atoms with Gasteiger partial charge in [0.25, 0.3) is 5.91 Å². The highest BCUT2D eigenvalue weighted by Crippen LogP contribution is 2.21. The first kappa shape index (κ1) is 18.8. The van der Waals surface area contributed by atoms with Crippen LogP contribution in [-0.4, -0.2) is 23.3 Å². The summed E-state index contributed by atoms with van der Waals surface area (Å²) in [6, 6.07) is 14.8. The molecule has 0 fully saturated rings. The van der Waals surface area contributed by atoms with Gasteiger partial charge in [-0.1, -0.05) is 34.1 Å². The van der Waals surface area contributed by atoms with Gasteiger partial charge < -0.3 is 15.1 Å². The standard InChI is InChI=1S/C20H18BrN3O3/c1-12-10-15(8-9-16(12)21)23-17(25)11-22-19(26)18-13(2)27-20(24-18)14-6-4-3-5-7-14/h3-10H,11H2,1-2H3,(H,22,26)(H,23,25). The molecule has 0 saturated heterocycles. The van der Waals surface area contributed by atoms with Crippen molar-refractivity contribution in [3.8, 4) is 11.5 Å². The van der Waals surface area contributed by atoms with Crippen molar-refractivity contribution < 1.29 is 14.0 Å². The molecule has 0 spiro atoms. The van der Waals surface area contributed by atoms with Crippen LogP contribution in [-0.2, 0) is 4.79 Å². The number of rotatable bonds is 5. The zero-order valence-electron chi connectivity index (χ0n) is 14.9. The molecule has 6 nitrogen and oxygen atoms in total. The van der Waals surface area contributed by atoms with Crippen LogP contribution in [0.5, 0.6) is 0 Å². The van der Waals surface area contributed by atoms with Crippen LogP contribution in [0.15, 0.2) is 57.4 Å². The van der Waals surface area contributed by atoms with Crippen molar-refractivity contribution in [1.29, 1.82) is 0 Å². The molecule has 3 rings (SSSR count). The predicted molar refractivity (Wildman–Crippen MR) is 107 cm³/mol. The number of halogens is 1. The summed E-state index contributed by atoms with van der Waals surface area (Å²) in [4.78, 5) is 28.7. The minimum Gasteiger partial charge on any atom is -0.441 e. The fourth-order valence-corrected chi connectivity index (χ4v) is 2.73. The van der Waals surface area contributed by atoms with Gasteiger partial charge in [0.1, 0.15) is 5.76 Å². The summed E-state index contributed by atoms with van der Waals surface area (Å²) in [5, 5.41) is 5.31. The summed E-state index contributed by atoms with van der Waals surface area (Å²) < 4.78 is 6.53. The van der Waals surface area contributed by atoms with Crippen LogP contribution in [0.1, 0.15) is 21.8 Å². The number of benzene rings is 2. The van der Waals surface area contributed by atoms with Crippen molar-refractivity contribution in [2.24, 2.45) is 0 Å². The number of amides is 2. The highest BCUT2D eigenvalue weighted by molar-refractivity contribution is 9.10. The number of aryl methyl sites for hydroxylation is 2. The van der Waals surface area contributed by atoms with Crippen molar-refractivity contribution in [1.82, 2.24) is 10.3 Å². The van der Waals surface area contributed by atoms with E-state index in [1.165, 1.54) is 0 Å². The van der Waals surface area contributed by atoms with Gasteiger partial charge in [0.15, 0.2) is 5.69 Å². The molecule has 0 saturated carbocycles. The van der Waals surface area contributed by atoms with Crippen molar-refractivity contribution in [3.05, 3.63) is 70.0 Å². The fourth-order valence-electron chi connectivity index (χ4n) is 2.48. The van der Waals surface area contributed by atoms with E-state index in [4.69, 9.17) is 4.42 Å². The molecular weight excluding hydrogens is 410 g/mol. The van der Waals surface area contributed by atoms with Crippen molar-refractivity contribution >= 4 is 33.4 Å². The van der Waals surface area contributed by atoms with Crippen molar-refractivity contribution in [2.75, 3.05) is 11.9 Å². The van der Waals surface area contributed by atoms with Crippen LogP contribution in [0, 0.1) is 13.8 Å². The molecule has 2 N–H and O–H groups in total. The number of oxazole rings is 1. The fraction of sp³-hybridized carbons (Fsp3) is 0.150. The van der Waals surface area contributed by atoms with Gasteiger partial charge in [-0.3, -0.25) is 9.59 Å². The third-order valence-electron chi connectivity index (χ3n) is 3.88.